The first-order valence-electron chi connectivity index (χ1n) is 8.51. The van der Waals surface area contributed by atoms with Gasteiger partial charge in [-0.1, -0.05) is 37.0 Å². The minimum absolute atomic E-state index is 0.201. The summed E-state index contributed by atoms with van der Waals surface area (Å²) in [6, 6.07) is 10.7. The molecule has 0 bridgehead atoms. The highest BCUT2D eigenvalue weighted by atomic mass is 35.5. The van der Waals surface area contributed by atoms with Gasteiger partial charge in [0.15, 0.2) is 0 Å². The van der Waals surface area contributed by atoms with Crippen LogP contribution >= 0.6 is 23.2 Å². The summed E-state index contributed by atoms with van der Waals surface area (Å²) in [7, 11) is 1.51. The van der Waals surface area contributed by atoms with Gasteiger partial charge in [0, 0.05) is 15.6 Å². The second-order valence-corrected chi connectivity index (χ2v) is 7.37. The van der Waals surface area contributed by atoms with Crippen LogP contribution < -0.4 is 15.4 Å². The molecule has 0 unspecified atom stereocenters. The van der Waals surface area contributed by atoms with Crippen LogP contribution in [0.25, 0.3) is 0 Å². The van der Waals surface area contributed by atoms with Crippen molar-refractivity contribution in [1.82, 2.24) is 5.32 Å². The van der Waals surface area contributed by atoms with Gasteiger partial charge in [-0.25, -0.2) is 0 Å². The number of carbonyl (C=O) groups excluding carboxylic acids is 2. The van der Waals surface area contributed by atoms with Gasteiger partial charge in [0.05, 0.1) is 12.8 Å². The Morgan fingerprint density at radius 2 is 1.67 bits per heavy atom. The van der Waals surface area contributed by atoms with Crippen LogP contribution in [0, 0.1) is 5.92 Å². The molecular formula is C20H22Cl2N2O3. The molecule has 144 valence electrons. The Kier molecular flexibility index (Phi) is 7.51. The van der Waals surface area contributed by atoms with Crippen LogP contribution in [0.2, 0.25) is 10.0 Å². The summed E-state index contributed by atoms with van der Waals surface area (Å²) in [6.45, 7) is 3.96. The van der Waals surface area contributed by atoms with Crippen molar-refractivity contribution in [1.29, 1.82) is 0 Å². The summed E-state index contributed by atoms with van der Waals surface area (Å²) < 4.78 is 5.25. The molecule has 0 saturated carbocycles. The van der Waals surface area contributed by atoms with Gasteiger partial charge in [0.1, 0.15) is 11.8 Å². The van der Waals surface area contributed by atoms with E-state index in [9.17, 15) is 9.59 Å². The van der Waals surface area contributed by atoms with E-state index in [1.54, 1.807) is 42.5 Å². The van der Waals surface area contributed by atoms with Crippen LogP contribution in [0.3, 0.4) is 0 Å². The zero-order valence-corrected chi connectivity index (χ0v) is 16.9. The Bertz CT molecular complexity index is 807. The van der Waals surface area contributed by atoms with Crippen molar-refractivity contribution in [2.75, 3.05) is 12.4 Å². The molecule has 2 aromatic rings. The van der Waals surface area contributed by atoms with Crippen LogP contribution in [-0.4, -0.2) is 25.0 Å². The van der Waals surface area contributed by atoms with E-state index in [0.29, 0.717) is 33.5 Å². The zero-order chi connectivity index (χ0) is 20.0. The number of rotatable bonds is 7. The molecule has 0 fully saturated rings. The molecule has 0 heterocycles. The van der Waals surface area contributed by atoms with Gasteiger partial charge in [0.2, 0.25) is 5.91 Å². The van der Waals surface area contributed by atoms with Crippen LogP contribution in [0.4, 0.5) is 5.69 Å². The smallest absolute Gasteiger partial charge is 0.251 e. The second-order valence-electron chi connectivity index (χ2n) is 6.50. The first-order chi connectivity index (χ1) is 12.8. The van der Waals surface area contributed by atoms with E-state index in [1.807, 2.05) is 13.8 Å². The number of nitrogens with one attached hydrogen (secondary N) is 2. The predicted molar refractivity (Wildman–Crippen MR) is 109 cm³/mol. The monoisotopic (exact) mass is 408 g/mol. The Labute approximate surface area is 169 Å². The molecular weight excluding hydrogens is 387 g/mol. The van der Waals surface area contributed by atoms with Gasteiger partial charge in [-0.05, 0) is 54.8 Å². The number of anilines is 1. The number of halogens is 2. The lowest BCUT2D eigenvalue weighted by Gasteiger charge is -2.21. The van der Waals surface area contributed by atoms with Gasteiger partial charge >= 0.3 is 0 Å². The molecule has 2 amide bonds. The van der Waals surface area contributed by atoms with Crippen molar-refractivity contribution in [3.8, 4) is 5.75 Å². The van der Waals surface area contributed by atoms with E-state index in [0.717, 1.165) is 0 Å². The lowest BCUT2D eigenvalue weighted by Crippen LogP contribution is -2.44. The van der Waals surface area contributed by atoms with Crippen molar-refractivity contribution in [3.63, 3.8) is 0 Å². The molecule has 2 N–H and O–H groups in total. The van der Waals surface area contributed by atoms with E-state index in [2.05, 4.69) is 10.6 Å². The number of benzene rings is 2. The standard InChI is InChI=1S/C20H22Cl2N2O3/c1-12(2)10-17(24-19(25)13-4-6-14(21)7-5-13)20(26)23-16-11-15(22)8-9-18(16)27-3/h4-9,11-12,17H,10H2,1-3H3,(H,23,26)(H,24,25)/t17-/m0/s1. The summed E-state index contributed by atoms with van der Waals surface area (Å²) in [5.41, 5.74) is 0.880. The van der Waals surface area contributed by atoms with Crippen molar-refractivity contribution in [2.24, 2.45) is 5.92 Å². The quantitative estimate of drug-likeness (QED) is 0.691. The maximum absolute atomic E-state index is 12.8. The Hall–Kier alpha value is -2.24. The molecule has 0 aliphatic heterocycles. The Balaban J connectivity index is 2.17. The minimum atomic E-state index is -0.711. The third kappa shape index (κ3) is 6.15. The number of amides is 2. The molecule has 0 spiro atoms. The fourth-order valence-electron chi connectivity index (χ4n) is 2.54. The van der Waals surface area contributed by atoms with Gasteiger partial charge in [-0.3, -0.25) is 9.59 Å². The molecule has 0 radical (unpaired) electrons. The first-order valence-corrected chi connectivity index (χ1v) is 9.26. The normalized spacial score (nSPS) is 11.8. The summed E-state index contributed by atoms with van der Waals surface area (Å²) in [4.78, 5) is 25.3. The van der Waals surface area contributed by atoms with E-state index >= 15 is 0 Å². The fraction of sp³-hybridized carbons (Fsp3) is 0.300. The number of hydrogen-bond acceptors (Lipinski definition) is 3. The van der Waals surface area contributed by atoms with E-state index in [4.69, 9.17) is 27.9 Å². The van der Waals surface area contributed by atoms with Gasteiger partial charge in [-0.2, -0.15) is 0 Å². The molecule has 0 saturated heterocycles. The van der Waals surface area contributed by atoms with Crippen LogP contribution in [0.1, 0.15) is 30.6 Å². The summed E-state index contributed by atoms with van der Waals surface area (Å²) in [5, 5.41) is 6.59. The number of hydrogen-bond donors (Lipinski definition) is 2. The van der Waals surface area contributed by atoms with Crippen molar-refractivity contribution < 1.29 is 14.3 Å². The lowest BCUT2D eigenvalue weighted by molar-refractivity contribution is -0.118. The Morgan fingerprint density at radius 1 is 1.04 bits per heavy atom. The molecule has 2 aromatic carbocycles. The molecule has 27 heavy (non-hydrogen) atoms. The third-order valence-electron chi connectivity index (χ3n) is 3.85. The number of carbonyl (C=O) groups is 2. The number of methoxy groups -OCH3 is 1. The first kappa shape index (κ1) is 21.1. The summed E-state index contributed by atoms with van der Waals surface area (Å²) >= 11 is 11.9. The van der Waals surface area contributed by atoms with Crippen molar-refractivity contribution in [2.45, 2.75) is 26.3 Å². The highest BCUT2D eigenvalue weighted by molar-refractivity contribution is 6.31. The van der Waals surface area contributed by atoms with E-state index in [-0.39, 0.29) is 17.7 Å². The molecule has 7 heteroatoms. The molecule has 0 aliphatic carbocycles. The minimum Gasteiger partial charge on any atom is -0.495 e. The maximum Gasteiger partial charge on any atom is 0.251 e. The topological polar surface area (TPSA) is 67.4 Å². The molecule has 1 atom stereocenters. The molecule has 5 nitrogen and oxygen atoms in total. The predicted octanol–water partition coefficient (Wildman–Crippen LogP) is 4.79. The van der Waals surface area contributed by atoms with Crippen LogP contribution in [-0.2, 0) is 4.79 Å². The largest absolute Gasteiger partial charge is 0.495 e. The molecule has 0 aromatic heterocycles. The highest BCUT2D eigenvalue weighted by Gasteiger charge is 2.23. The Morgan fingerprint density at radius 3 is 2.26 bits per heavy atom. The van der Waals surface area contributed by atoms with Gasteiger partial charge in [-0.15, -0.1) is 0 Å². The summed E-state index contributed by atoms with van der Waals surface area (Å²) in [5.74, 6) is 0.00436. The van der Waals surface area contributed by atoms with Gasteiger partial charge in [0.25, 0.3) is 5.91 Å². The maximum atomic E-state index is 12.8. The average Bonchev–Trinajstić information content (AvgIpc) is 2.61. The average molecular weight is 409 g/mol. The van der Waals surface area contributed by atoms with Crippen molar-refractivity contribution in [3.05, 3.63) is 58.1 Å². The fourth-order valence-corrected chi connectivity index (χ4v) is 2.84. The summed E-state index contributed by atoms with van der Waals surface area (Å²) in [6.07, 6.45) is 0.480. The molecule has 0 aliphatic rings. The van der Waals surface area contributed by atoms with Crippen molar-refractivity contribution >= 4 is 40.7 Å². The van der Waals surface area contributed by atoms with Crippen LogP contribution in [0.5, 0.6) is 5.75 Å². The third-order valence-corrected chi connectivity index (χ3v) is 4.34. The van der Waals surface area contributed by atoms with Crippen LogP contribution in [0.15, 0.2) is 42.5 Å². The van der Waals surface area contributed by atoms with E-state index in [1.165, 1.54) is 7.11 Å². The number of ether oxygens (including phenoxy) is 1. The lowest BCUT2D eigenvalue weighted by atomic mass is 10.0. The second kappa shape index (κ2) is 9.62. The highest BCUT2D eigenvalue weighted by Crippen LogP contribution is 2.28. The molecule has 2 rings (SSSR count). The zero-order valence-electron chi connectivity index (χ0n) is 15.4. The van der Waals surface area contributed by atoms with E-state index < -0.39 is 6.04 Å². The van der Waals surface area contributed by atoms with Gasteiger partial charge < -0.3 is 15.4 Å². The SMILES string of the molecule is COc1ccc(Cl)cc1NC(=O)[C@H](CC(C)C)NC(=O)c1ccc(Cl)cc1.